The number of hydrogen-bond donors (Lipinski definition) is 1. The topological polar surface area (TPSA) is 40.5 Å². The third-order valence-corrected chi connectivity index (χ3v) is 1.93. The average molecular weight is 217 g/mol. The van der Waals surface area contributed by atoms with Gasteiger partial charge in [-0.05, 0) is 19.4 Å². The molecule has 0 bridgehead atoms. The van der Waals surface area contributed by atoms with E-state index in [-0.39, 0.29) is 6.10 Å². The number of nitrogens with zero attached hydrogens (tertiary/aromatic N) is 1. The Labute approximate surface area is 94.5 Å². The fourth-order valence-electron chi connectivity index (χ4n) is 1.10. The van der Waals surface area contributed by atoms with Gasteiger partial charge in [0.25, 0.3) is 0 Å². The molecule has 15 heavy (non-hydrogen) atoms. The summed E-state index contributed by atoms with van der Waals surface area (Å²) in [6.45, 7) is 9.96. The van der Waals surface area contributed by atoms with Crippen molar-refractivity contribution >= 4 is 6.29 Å². The van der Waals surface area contributed by atoms with Crippen LogP contribution in [0.1, 0.15) is 40.5 Å². The first-order valence-corrected chi connectivity index (χ1v) is 5.86. The summed E-state index contributed by atoms with van der Waals surface area (Å²) >= 11 is 0. The van der Waals surface area contributed by atoms with Crippen LogP contribution in [-0.2, 0) is 4.79 Å². The predicted molar refractivity (Wildman–Crippen MR) is 65.0 cm³/mol. The summed E-state index contributed by atoms with van der Waals surface area (Å²) in [4.78, 5) is 11.7. The van der Waals surface area contributed by atoms with Crippen LogP contribution in [-0.4, -0.2) is 42.5 Å². The Bertz CT molecular complexity index is 130. The minimum atomic E-state index is -0.0509. The second-order valence-electron chi connectivity index (χ2n) is 4.00. The second-order valence-corrected chi connectivity index (χ2v) is 4.00. The molecule has 0 aliphatic carbocycles. The molecule has 0 spiro atoms. The van der Waals surface area contributed by atoms with Crippen LogP contribution < -0.4 is 0 Å². The molecule has 0 radical (unpaired) electrons. The molecule has 1 aliphatic rings. The van der Waals surface area contributed by atoms with Crippen LogP contribution in [0.5, 0.6) is 0 Å². The normalized spacial score (nSPS) is 20.1. The fourth-order valence-corrected chi connectivity index (χ4v) is 1.10. The molecule has 3 heteroatoms. The highest BCUT2D eigenvalue weighted by Gasteiger charge is 2.15. The number of carbonyl (C=O) groups is 1. The van der Waals surface area contributed by atoms with E-state index in [2.05, 4.69) is 4.90 Å². The molecule has 0 aromatic rings. The van der Waals surface area contributed by atoms with Crippen molar-refractivity contribution in [3.8, 4) is 0 Å². The Kier molecular flexibility index (Phi) is 13.2. The molecule has 3 nitrogen and oxygen atoms in total. The number of hydrogen-bond acceptors (Lipinski definition) is 3. The summed E-state index contributed by atoms with van der Waals surface area (Å²) < 4.78 is 0. The summed E-state index contributed by atoms with van der Waals surface area (Å²) in [5, 5.41) is 8.86. The van der Waals surface area contributed by atoms with E-state index in [1.54, 1.807) is 0 Å². The smallest absolute Gasteiger partial charge is 0.120 e. The van der Waals surface area contributed by atoms with Crippen molar-refractivity contribution in [2.24, 2.45) is 5.92 Å². The first-order chi connectivity index (χ1) is 7.06. The first-order valence-electron chi connectivity index (χ1n) is 5.86. The molecule has 0 saturated carbocycles. The Balaban J connectivity index is 0. The lowest BCUT2D eigenvalue weighted by Gasteiger charge is -2.02. The van der Waals surface area contributed by atoms with Gasteiger partial charge >= 0.3 is 0 Å². The molecule has 1 N–H and O–H groups in total. The van der Waals surface area contributed by atoms with Gasteiger partial charge in [-0.1, -0.05) is 27.7 Å². The third kappa shape index (κ3) is 13.6. The van der Waals surface area contributed by atoms with E-state index in [0.717, 1.165) is 25.8 Å². The van der Waals surface area contributed by atoms with Gasteiger partial charge < -0.3 is 14.8 Å². The number of aliphatic hydroxyl groups excluding tert-OH is 1. The van der Waals surface area contributed by atoms with Gasteiger partial charge in [-0.2, -0.15) is 0 Å². The van der Waals surface area contributed by atoms with E-state index in [4.69, 9.17) is 5.11 Å². The maximum atomic E-state index is 9.62. The Morgan fingerprint density at radius 2 is 2.00 bits per heavy atom. The van der Waals surface area contributed by atoms with Gasteiger partial charge in [-0.15, -0.1) is 0 Å². The number of rotatable bonds is 2. The zero-order valence-electron chi connectivity index (χ0n) is 10.9. The molecule has 1 aliphatic heterocycles. The molecule has 1 atom stereocenters. The van der Waals surface area contributed by atoms with Crippen molar-refractivity contribution in [2.75, 3.05) is 20.1 Å². The summed E-state index contributed by atoms with van der Waals surface area (Å²) in [6, 6.07) is 0. The van der Waals surface area contributed by atoms with E-state index in [1.807, 2.05) is 34.7 Å². The van der Waals surface area contributed by atoms with E-state index in [9.17, 15) is 4.79 Å². The average Bonchev–Trinajstić information content (AvgIpc) is 2.54. The number of carbonyl (C=O) groups excluding carboxylic acids is 1. The monoisotopic (exact) mass is 217 g/mol. The summed E-state index contributed by atoms with van der Waals surface area (Å²) in [7, 11) is 2.02. The van der Waals surface area contributed by atoms with Crippen LogP contribution in [0.4, 0.5) is 0 Å². The largest absolute Gasteiger partial charge is 0.392 e. The molecular weight excluding hydrogens is 190 g/mol. The quantitative estimate of drug-likeness (QED) is 0.719. The minimum absolute atomic E-state index is 0.0509. The van der Waals surface area contributed by atoms with Crippen LogP contribution in [0.2, 0.25) is 0 Å². The molecule has 1 fully saturated rings. The molecule has 1 rings (SSSR count). The number of β-amino-alcohol motifs (C(OH)–C–C–N with tert-alkyl or cyclic N) is 1. The number of likely N-dealkylation sites (N-methyl/N-ethyl adjacent to an activating group) is 1. The Hall–Kier alpha value is -0.410. The van der Waals surface area contributed by atoms with Crippen LogP contribution in [0.3, 0.4) is 0 Å². The van der Waals surface area contributed by atoms with Crippen molar-refractivity contribution in [3.63, 3.8) is 0 Å². The maximum absolute atomic E-state index is 9.62. The lowest BCUT2D eigenvalue weighted by Crippen LogP contribution is -2.15. The molecule has 92 valence electrons. The zero-order chi connectivity index (χ0) is 12.3. The number of aliphatic hydroxyl groups is 1. The lowest BCUT2D eigenvalue weighted by molar-refractivity contribution is -0.108. The van der Waals surface area contributed by atoms with Gasteiger partial charge in [-0.25, -0.2) is 0 Å². The van der Waals surface area contributed by atoms with Crippen molar-refractivity contribution in [2.45, 2.75) is 46.6 Å². The summed E-state index contributed by atoms with van der Waals surface area (Å²) in [5.74, 6) is 0.530. The molecular formula is C12H27NO2. The van der Waals surface area contributed by atoms with Gasteiger partial charge in [-0.3, -0.25) is 0 Å². The van der Waals surface area contributed by atoms with Crippen LogP contribution in [0.25, 0.3) is 0 Å². The van der Waals surface area contributed by atoms with E-state index in [0.29, 0.717) is 12.3 Å². The highest BCUT2D eigenvalue weighted by molar-refractivity contribution is 5.49. The first kappa shape index (κ1) is 17.0. The van der Waals surface area contributed by atoms with Crippen molar-refractivity contribution in [1.29, 1.82) is 0 Å². The summed E-state index contributed by atoms with van der Waals surface area (Å²) in [6.07, 6.45) is 2.55. The van der Waals surface area contributed by atoms with Crippen LogP contribution in [0.15, 0.2) is 0 Å². The van der Waals surface area contributed by atoms with Gasteiger partial charge in [0.15, 0.2) is 0 Å². The maximum Gasteiger partial charge on any atom is 0.120 e. The van der Waals surface area contributed by atoms with E-state index >= 15 is 0 Å². The van der Waals surface area contributed by atoms with Gasteiger partial charge in [0.1, 0.15) is 6.29 Å². The molecule has 1 heterocycles. The van der Waals surface area contributed by atoms with Crippen LogP contribution >= 0.6 is 0 Å². The third-order valence-electron chi connectivity index (χ3n) is 1.93. The number of likely N-dealkylation sites (tertiary alicyclic amines) is 1. The highest BCUT2D eigenvalue weighted by Crippen LogP contribution is 2.03. The van der Waals surface area contributed by atoms with Gasteiger partial charge in [0.05, 0.1) is 6.10 Å². The van der Waals surface area contributed by atoms with Crippen molar-refractivity contribution in [3.05, 3.63) is 0 Å². The standard InChI is InChI=1S/C5H11NO.C5H10O.C2H6/c1-6-3-2-5(7)4-6;1-5(2)3-4-6;1-2/h5,7H,2-4H2,1H3;4-5H,3H2,1-2H3;1-2H3/t5-;;/m1../s1. The fraction of sp³-hybridized carbons (Fsp3) is 0.917. The molecule has 0 unspecified atom stereocenters. The minimum Gasteiger partial charge on any atom is -0.392 e. The zero-order valence-corrected chi connectivity index (χ0v) is 10.9. The number of aldehydes is 1. The second kappa shape index (κ2) is 11.7. The molecule has 0 aromatic heterocycles. The Morgan fingerprint density at radius 1 is 1.47 bits per heavy atom. The highest BCUT2D eigenvalue weighted by atomic mass is 16.3. The SMILES string of the molecule is CC.CC(C)CC=O.CN1CC[C@@H](O)C1. The predicted octanol–water partition coefficient (Wildman–Crippen LogP) is 1.94. The van der Waals surface area contributed by atoms with E-state index in [1.165, 1.54) is 0 Å². The van der Waals surface area contributed by atoms with E-state index < -0.39 is 0 Å². The van der Waals surface area contributed by atoms with Crippen LogP contribution in [0, 0.1) is 5.92 Å². The molecule has 1 saturated heterocycles. The molecule has 0 amide bonds. The van der Waals surface area contributed by atoms with Gasteiger partial charge in [0, 0.05) is 19.5 Å². The van der Waals surface area contributed by atoms with Crippen molar-refractivity contribution in [1.82, 2.24) is 4.90 Å². The summed E-state index contributed by atoms with van der Waals surface area (Å²) in [5.41, 5.74) is 0. The van der Waals surface area contributed by atoms with Gasteiger partial charge in [0.2, 0.25) is 0 Å². The van der Waals surface area contributed by atoms with Crippen molar-refractivity contribution < 1.29 is 9.90 Å². The Morgan fingerprint density at radius 3 is 2.07 bits per heavy atom. The molecule has 0 aromatic carbocycles. The lowest BCUT2D eigenvalue weighted by atomic mass is 10.2.